The average Bonchev–Trinajstić information content (AvgIpc) is 2.69. The summed E-state index contributed by atoms with van der Waals surface area (Å²) in [6.45, 7) is 1.81. The molecule has 0 radical (unpaired) electrons. The molecule has 2 aromatic rings. The van der Waals surface area contributed by atoms with Gasteiger partial charge in [0.15, 0.2) is 0 Å². The van der Waals surface area contributed by atoms with Gasteiger partial charge in [0.05, 0.1) is 22.1 Å². The normalized spacial score (nSPS) is 17.0. The number of anilines is 1. The second kappa shape index (κ2) is 9.72. The van der Waals surface area contributed by atoms with Gasteiger partial charge in [-0.1, -0.05) is 11.6 Å². The number of benzene rings is 1. The number of fused-ring (bicyclic) bond motifs is 1. The molecule has 2 atom stereocenters. The maximum absolute atomic E-state index is 12.8. The number of allylic oxidation sites excluding steroid dienone is 2. The highest BCUT2D eigenvalue weighted by atomic mass is 35.5. The van der Waals surface area contributed by atoms with Gasteiger partial charge in [-0.2, -0.15) is 0 Å². The number of hydrogen-bond acceptors (Lipinski definition) is 6. The third-order valence-corrected chi connectivity index (χ3v) is 4.86. The molecule has 2 unspecified atom stereocenters. The lowest BCUT2D eigenvalue weighted by atomic mass is 9.99. The Bertz CT molecular complexity index is 1110. The van der Waals surface area contributed by atoms with Gasteiger partial charge in [-0.25, -0.2) is 4.99 Å². The Hall–Kier alpha value is -2.96. The summed E-state index contributed by atoms with van der Waals surface area (Å²) < 4.78 is 84.3. The zero-order chi connectivity index (χ0) is 25.3. The van der Waals surface area contributed by atoms with Crippen LogP contribution in [0, 0.1) is 0 Å². The van der Waals surface area contributed by atoms with E-state index in [4.69, 9.17) is 11.6 Å². The third-order valence-electron chi connectivity index (χ3n) is 4.56. The molecule has 182 valence electrons. The number of rotatable bonds is 6. The number of alkyl halides is 6. The number of halogens is 7. The number of pyridine rings is 1. The zero-order valence-electron chi connectivity index (χ0n) is 17.5. The Labute approximate surface area is 194 Å². The van der Waals surface area contributed by atoms with Crippen LogP contribution in [-0.4, -0.2) is 41.7 Å². The summed E-state index contributed by atoms with van der Waals surface area (Å²) >= 11 is 6.23. The second-order valence-corrected chi connectivity index (χ2v) is 7.37. The molecule has 0 saturated carbocycles. The van der Waals surface area contributed by atoms with Gasteiger partial charge in [-0.15, -0.1) is 26.3 Å². The van der Waals surface area contributed by atoms with Crippen LogP contribution < -0.4 is 4.90 Å². The molecule has 1 aromatic heterocycles. The predicted molar refractivity (Wildman–Crippen MR) is 111 cm³/mol. The summed E-state index contributed by atoms with van der Waals surface area (Å²) in [7, 11) is 0. The van der Waals surface area contributed by atoms with E-state index in [0.29, 0.717) is 16.2 Å². The van der Waals surface area contributed by atoms with Crippen molar-refractivity contribution in [3.05, 3.63) is 65.0 Å². The first-order valence-corrected chi connectivity index (χ1v) is 9.96. The largest absolute Gasteiger partial charge is 0.524 e. The van der Waals surface area contributed by atoms with Gasteiger partial charge in [0.25, 0.3) is 0 Å². The van der Waals surface area contributed by atoms with Crippen LogP contribution in [-0.2, 0) is 9.47 Å². The number of nitrogens with zero attached hydrogens (tertiary/aromatic N) is 3. The number of aliphatic imine (C=N–C) groups is 1. The number of ether oxygens (including phenoxy) is 2. The molecule has 0 saturated heterocycles. The maximum Gasteiger partial charge on any atom is 0.524 e. The Morgan fingerprint density at radius 1 is 1.00 bits per heavy atom. The molecule has 34 heavy (non-hydrogen) atoms. The summed E-state index contributed by atoms with van der Waals surface area (Å²) in [5.41, 5.74) is 1.03. The number of aromatic nitrogens is 1. The lowest BCUT2D eigenvalue weighted by molar-refractivity contribution is -0.356. The van der Waals surface area contributed by atoms with E-state index in [9.17, 15) is 31.1 Å². The van der Waals surface area contributed by atoms with Crippen LogP contribution in [0.2, 0.25) is 5.02 Å². The minimum atomic E-state index is -5.12. The van der Waals surface area contributed by atoms with Crippen LogP contribution in [0.25, 0.3) is 0 Å². The SMILES string of the molecule is CC(OC(F)(F)F)N(c1ccc(N=C2C=CC(=O)c3ncccc32)cc1Cl)C(C)OC(F)(F)F. The van der Waals surface area contributed by atoms with Crippen LogP contribution >= 0.6 is 11.6 Å². The highest BCUT2D eigenvalue weighted by Crippen LogP contribution is 2.36. The van der Waals surface area contributed by atoms with E-state index in [-0.39, 0.29) is 27.9 Å². The van der Waals surface area contributed by atoms with E-state index in [1.807, 2.05) is 0 Å². The molecule has 1 aliphatic rings. The highest BCUT2D eigenvalue weighted by molar-refractivity contribution is 6.33. The van der Waals surface area contributed by atoms with Gasteiger partial charge in [-0.3, -0.25) is 19.3 Å². The van der Waals surface area contributed by atoms with Crippen LogP contribution in [0.4, 0.5) is 37.7 Å². The van der Waals surface area contributed by atoms with E-state index in [2.05, 4.69) is 19.5 Å². The van der Waals surface area contributed by atoms with Crippen molar-refractivity contribution in [1.82, 2.24) is 4.98 Å². The van der Waals surface area contributed by atoms with Crippen molar-refractivity contribution < 1.29 is 40.6 Å². The topological polar surface area (TPSA) is 64.0 Å². The number of carbonyl (C=O) groups is 1. The second-order valence-electron chi connectivity index (χ2n) is 6.96. The molecule has 0 fully saturated rings. The minimum absolute atomic E-state index is 0.189. The Kier molecular flexibility index (Phi) is 7.34. The summed E-state index contributed by atoms with van der Waals surface area (Å²) in [4.78, 5) is 21.0. The molecule has 1 aliphatic carbocycles. The van der Waals surface area contributed by atoms with Crippen LogP contribution in [0.5, 0.6) is 0 Å². The van der Waals surface area contributed by atoms with Gasteiger partial charge in [0, 0.05) is 11.8 Å². The van der Waals surface area contributed by atoms with E-state index < -0.39 is 25.2 Å². The fraction of sp³-hybridized carbons (Fsp3) is 0.286. The van der Waals surface area contributed by atoms with E-state index >= 15 is 0 Å². The van der Waals surface area contributed by atoms with Crippen LogP contribution in [0.3, 0.4) is 0 Å². The Morgan fingerprint density at radius 3 is 2.18 bits per heavy atom. The number of hydrogen-bond donors (Lipinski definition) is 0. The lowest BCUT2D eigenvalue weighted by Crippen LogP contribution is -2.47. The molecule has 0 aliphatic heterocycles. The molecule has 13 heteroatoms. The standard InChI is InChI=1S/C21H16ClF6N3O3/c1-11(33-20(23,24)25)31(12(2)34-21(26,27)28)17-7-5-13(10-15(17)22)30-16-6-8-18(32)19-14(16)4-3-9-29-19/h3-12H,1-2H3. The first-order chi connectivity index (χ1) is 15.7. The van der Waals surface area contributed by atoms with Gasteiger partial charge >= 0.3 is 12.7 Å². The van der Waals surface area contributed by atoms with Gasteiger partial charge < -0.3 is 4.90 Å². The van der Waals surface area contributed by atoms with E-state index in [1.54, 1.807) is 12.1 Å². The first-order valence-electron chi connectivity index (χ1n) is 9.58. The monoisotopic (exact) mass is 507 g/mol. The fourth-order valence-electron chi connectivity index (χ4n) is 3.33. The van der Waals surface area contributed by atoms with Gasteiger partial charge in [0.2, 0.25) is 5.78 Å². The molecule has 0 N–H and O–H groups in total. The first kappa shape index (κ1) is 25.7. The van der Waals surface area contributed by atoms with Crippen LogP contribution in [0.1, 0.15) is 29.9 Å². The smallest absolute Gasteiger partial charge is 0.318 e. The van der Waals surface area contributed by atoms with Crippen molar-refractivity contribution in [2.45, 2.75) is 39.0 Å². The molecule has 0 spiro atoms. The molecule has 1 heterocycles. The number of ketones is 1. The van der Waals surface area contributed by atoms with E-state index in [1.165, 1.54) is 36.5 Å². The van der Waals surface area contributed by atoms with Crippen molar-refractivity contribution in [2.75, 3.05) is 4.90 Å². The van der Waals surface area contributed by atoms with Crippen molar-refractivity contribution >= 4 is 34.5 Å². The third kappa shape index (κ3) is 6.33. The fourth-order valence-corrected chi connectivity index (χ4v) is 3.60. The Balaban J connectivity index is 1.98. The summed E-state index contributed by atoms with van der Waals surface area (Å²) in [6, 6.07) is 7.02. The Morgan fingerprint density at radius 2 is 1.62 bits per heavy atom. The van der Waals surface area contributed by atoms with Gasteiger partial charge in [-0.05, 0) is 56.3 Å². The predicted octanol–water partition coefficient (Wildman–Crippen LogP) is 6.18. The quantitative estimate of drug-likeness (QED) is 0.345. The molecule has 3 rings (SSSR count). The minimum Gasteiger partial charge on any atom is -0.318 e. The van der Waals surface area contributed by atoms with Crippen molar-refractivity contribution in [3.63, 3.8) is 0 Å². The van der Waals surface area contributed by atoms with Crippen molar-refractivity contribution in [1.29, 1.82) is 0 Å². The summed E-state index contributed by atoms with van der Waals surface area (Å²) in [5.74, 6) is -0.309. The maximum atomic E-state index is 12.8. The molecular formula is C21H16ClF6N3O3. The summed E-state index contributed by atoms with van der Waals surface area (Å²) in [6.07, 6.45) is -9.91. The molecule has 0 bridgehead atoms. The molecule has 0 amide bonds. The highest BCUT2D eigenvalue weighted by Gasteiger charge is 2.40. The van der Waals surface area contributed by atoms with Crippen LogP contribution in [0.15, 0.2) is 53.7 Å². The zero-order valence-corrected chi connectivity index (χ0v) is 18.2. The van der Waals surface area contributed by atoms with Crippen molar-refractivity contribution in [2.24, 2.45) is 4.99 Å². The molecular weight excluding hydrogens is 492 g/mol. The average molecular weight is 508 g/mol. The lowest BCUT2D eigenvalue weighted by Gasteiger charge is -2.36. The molecule has 6 nitrogen and oxygen atoms in total. The summed E-state index contributed by atoms with van der Waals surface area (Å²) in [5, 5.41) is -0.209. The van der Waals surface area contributed by atoms with E-state index in [0.717, 1.165) is 13.8 Å². The molecule has 1 aromatic carbocycles. The van der Waals surface area contributed by atoms with Crippen molar-refractivity contribution in [3.8, 4) is 0 Å². The number of carbonyl (C=O) groups excluding carboxylic acids is 1. The van der Waals surface area contributed by atoms with Gasteiger partial charge in [0.1, 0.15) is 18.1 Å².